The molecule has 2 saturated heterocycles. The molecule has 2 aliphatic heterocycles. The Bertz CT molecular complexity index is 847. The maximum atomic E-state index is 13.5. The molecule has 0 saturated carbocycles. The van der Waals surface area contributed by atoms with Crippen LogP contribution in [0.4, 0.5) is 4.79 Å². The fourth-order valence-electron chi connectivity index (χ4n) is 4.44. The van der Waals surface area contributed by atoms with E-state index >= 15 is 0 Å². The van der Waals surface area contributed by atoms with E-state index in [4.69, 9.17) is 9.15 Å². The van der Waals surface area contributed by atoms with Gasteiger partial charge in [-0.3, -0.25) is 19.6 Å². The number of piperidine rings is 1. The number of ether oxygens (including phenoxy) is 1. The van der Waals surface area contributed by atoms with E-state index in [1.54, 1.807) is 24.5 Å². The first-order valence-corrected chi connectivity index (χ1v) is 10.4. The summed E-state index contributed by atoms with van der Waals surface area (Å²) < 4.78 is 10.6. The van der Waals surface area contributed by atoms with Gasteiger partial charge in [0.15, 0.2) is 0 Å². The smallest absolute Gasteiger partial charge is 0.328 e. The predicted octanol–water partition coefficient (Wildman–Crippen LogP) is 2.51. The number of rotatable bonds is 8. The zero-order chi connectivity index (χ0) is 21.0. The summed E-state index contributed by atoms with van der Waals surface area (Å²) in [6, 6.07) is 9.15. The lowest BCUT2D eigenvalue weighted by molar-refractivity contribution is -0.136. The predicted molar refractivity (Wildman–Crippen MR) is 109 cm³/mol. The minimum absolute atomic E-state index is 0.104. The first-order chi connectivity index (χ1) is 14.6. The van der Waals surface area contributed by atoms with Crippen LogP contribution in [-0.4, -0.2) is 70.5 Å². The molecule has 4 heterocycles. The first kappa shape index (κ1) is 20.6. The van der Waals surface area contributed by atoms with E-state index in [0.717, 1.165) is 18.8 Å². The Morgan fingerprint density at radius 3 is 2.63 bits per heavy atom. The van der Waals surface area contributed by atoms with E-state index in [2.05, 4.69) is 9.88 Å². The Hall–Kier alpha value is -2.71. The lowest BCUT2D eigenvalue weighted by Crippen LogP contribution is -2.56. The van der Waals surface area contributed by atoms with E-state index < -0.39 is 5.54 Å². The SMILES string of the molecule is COCCCN1C(=O)N(Cc2ccccn2)C(=O)C12CCN(Cc1ccco1)CC2. The van der Waals surface area contributed by atoms with E-state index in [1.807, 2.05) is 30.3 Å². The monoisotopic (exact) mass is 412 g/mol. The zero-order valence-electron chi connectivity index (χ0n) is 17.3. The molecule has 8 nitrogen and oxygen atoms in total. The van der Waals surface area contributed by atoms with Gasteiger partial charge in [-0.05, 0) is 43.5 Å². The molecule has 2 aromatic rings. The Balaban J connectivity index is 1.51. The van der Waals surface area contributed by atoms with Gasteiger partial charge in [0.1, 0.15) is 11.3 Å². The number of nitrogens with zero attached hydrogens (tertiary/aromatic N) is 4. The summed E-state index contributed by atoms with van der Waals surface area (Å²) in [5, 5.41) is 0. The van der Waals surface area contributed by atoms with Crippen molar-refractivity contribution in [1.29, 1.82) is 0 Å². The number of hydrogen-bond donors (Lipinski definition) is 0. The summed E-state index contributed by atoms with van der Waals surface area (Å²) in [5.41, 5.74) is -0.0671. The van der Waals surface area contributed by atoms with Crippen molar-refractivity contribution in [3.05, 3.63) is 54.2 Å². The second-order valence-electron chi connectivity index (χ2n) is 7.88. The molecular formula is C22H28N4O4. The molecule has 0 aliphatic carbocycles. The molecule has 2 aromatic heterocycles. The van der Waals surface area contributed by atoms with Gasteiger partial charge < -0.3 is 14.1 Å². The van der Waals surface area contributed by atoms with Crippen LogP contribution in [0.25, 0.3) is 0 Å². The number of amides is 3. The highest BCUT2D eigenvalue weighted by Crippen LogP contribution is 2.38. The van der Waals surface area contributed by atoms with Gasteiger partial charge in [-0.2, -0.15) is 0 Å². The normalized spacial score (nSPS) is 19.2. The average molecular weight is 412 g/mol. The van der Waals surface area contributed by atoms with E-state index in [1.165, 1.54) is 4.90 Å². The quantitative estimate of drug-likeness (QED) is 0.490. The van der Waals surface area contributed by atoms with Crippen LogP contribution in [0.2, 0.25) is 0 Å². The number of furan rings is 1. The molecule has 160 valence electrons. The molecular weight excluding hydrogens is 384 g/mol. The molecule has 4 rings (SSSR count). The number of imide groups is 1. The van der Waals surface area contributed by atoms with Gasteiger partial charge in [-0.1, -0.05) is 6.07 Å². The zero-order valence-corrected chi connectivity index (χ0v) is 17.3. The molecule has 0 bridgehead atoms. The number of methoxy groups -OCH3 is 1. The number of likely N-dealkylation sites (tertiary alicyclic amines) is 1. The number of carbonyl (C=O) groups is 2. The van der Waals surface area contributed by atoms with Crippen molar-refractivity contribution in [2.24, 2.45) is 0 Å². The standard InChI is InChI=1S/C22H28N4O4/c1-29-14-5-11-26-21(28)25(16-18-6-2-3-10-23-18)20(27)22(26)8-12-24(13-9-22)17-19-7-4-15-30-19/h2-4,6-7,10,15H,5,8-9,11-14,16-17H2,1H3. The van der Waals surface area contributed by atoms with E-state index in [-0.39, 0.29) is 18.5 Å². The lowest BCUT2D eigenvalue weighted by Gasteiger charge is -2.42. The van der Waals surface area contributed by atoms with Crippen LogP contribution in [0.5, 0.6) is 0 Å². The van der Waals surface area contributed by atoms with Crippen LogP contribution in [0.1, 0.15) is 30.7 Å². The van der Waals surface area contributed by atoms with Gasteiger partial charge in [0.05, 0.1) is 25.0 Å². The summed E-state index contributed by atoms with van der Waals surface area (Å²) in [4.78, 5) is 36.5. The highest BCUT2D eigenvalue weighted by molar-refractivity contribution is 6.07. The third-order valence-corrected chi connectivity index (χ3v) is 6.04. The maximum Gasteiger partial charge on any atom is 0.328 e. The molecule has 0 N–H and O–H groups in total. The van der Waals surface area contributed by atoms with Crippen molar-refractivity contribution < 1.29 is 18.7 Å². The largest absolute Gasteiger partial charge is 0.468 e. The number of carbonyl (C=O) groups excluding carboxylic acids is 2. The van der Waals surface area contributed by atoms with E-state index in [9.17, 15) is 9.59 Å². The molecule has 0 radical (unpaired) electrons. The molecule has 1 spiro atoms. The summed E-state index contributed by atoms with van der Waals surface area (Å²) in [5.74, 6) is 0.807. The van der Waals surface area contributed by atoms with Gasteiger partial charge in [0.2, 0.25) is 0 Å². The van der Waals surface area contributed by atoms with E-state index in [0.29, 0.717) is 44.7 Å². The Morgan fingerprint density at radius 1 is 1.13 bits per heavy atom. The average Bonchev–Trinajstić information content (AvgIpc) is 3.34. The Labute approximate surface area is 176 Å². The maximum absolute atomic E-state index is 13.5. The molecule has 2 fully saturated rings. The highest BCUT2D eigenvalue weighted by atomic mass is 16.5. The van der Waals surface area contributed by atoms with Crippen LogP contribution in [-0.2, 0) is 22.6 Å². The molecule has 0 unspecified atom stereocenters. The third-order valence-electron chi connectivity index (χ3n) is 6.04. The summed E-state index contributed by atoms with van der Waals surface area (Å²) in [6.45, 7) is 3.45. The molecule has 0 aromatic carbocycles. The Morgan fingerprint density at radius 2 is 1.97 bits per heavy atom. The van der Waals surface area contributed by atoms with Crippen molar-refractivity contribution in [2.75, 3.05) is 33.4 Å². The lowest BCUT2D eigenvalue weighted by atomic mass is 9.85. The molecule has 0 atom stereocenters. The number of aromatic nitrogens is 1. The molecule has 2 aliphatic rings. The topological polar surface area (TPSA) is 79.1 Å². The van der Waals surface area contributed by atoms with Gasteiger partial charge in [-0.15, -0.1) is 0 Å². The van der Waals surface area contributed by atoms with Gasteiger partial charge in [0.25, 0.3) is 5.91 Å². The van der Waals surface area contributed by atoms with Crippen LogP contribution in [0.3, 0.4) is 0 Å². The molecule has 8 heteroatoms. The summed E-state index contributed by atoms with van der Waals surface area (Å²) >= 11 is 0. The minimum atomic E-state index is -0.779. The number of hydrogen-bond acceptors (Lipinski definition) is 6. The van der Waals surface area contributed by atoms with Crippen LogP contribution in [0, 0.1) is 0 Å². The minimum Gasteiger partial charge on any atom is -0.468 e. The second kappa shape index (κ2) is 8.97. The van der Waals surface area contributed by atoms with Crippen LogP contribution < -0.4 is 0 Å². The highest BCUT2D eigenvalue weighted by Gasteiger charge is 2.57. The molecule has 3 amide bonds. The molecule has 30 heavy (non-hydrogen) atoms. The van der Waals surface area contributed by atoms with Crippen LogP contribution >= 0.6 is 0 Å². The number of pyridine rings is 1. The number of urea groups is 1. The first-order valence-electron chi connectivity index (χ1n) is 10.4. The van der Waals surface area contributed by atoms with Gasteiger partial charge in [0, 0.05) is 39.5 Å². The van der Waals surface area contributed by atoms with Crippen molar-refractivity contribution in [1.82, 2.24) is 19.7 Å². The van der Waals surface area contributed by atoms with Crippen LogP contribution in [0.15, 0.2) is 47.2 Å². The fourth-order valence-corrected chi connectivity index (χ4v) is 4.44. The van der Waals surface area contributed by atoms with Gasteiger partial charge in [-0.25, -0.2) is 4.79 Å². The second-order valence-corrected chi connectivity index (χ2v) is 7.88. The Kier molecular flexibility index (Phi) is 6.15. The van der Waals surface area contributed by atoms with Gasteiger partial charge >= 0.3 is 6.03 Å². The van der Waals surface area contributed by atoms with Crippen molar-refractivity contribution in [3.63, 3.8) is 0 Å². The van der Waals surface area contributed by atoms with Crippen molar-refractivity contribution in [2.45, 2.75) is 37.9 Å². The third kappa shape index (κ3) is 3.97. The van der Waals surface area contributed by atoms with Crippen molar-refractivity contribution >= 4 is 11.9 Å². The summed E-state index contributed by atoms with van der Waals surface area (Å²) in [7, 11) is 1.65. The summed E-state index contributed by atoms with van der Waals surface area (Å²) in [6.07, 6.45) is 5.28. The fraction of sp³-hybridized carbons (Fsp3) is 0.500. The van der Waals surface area contributed by atoms with Crippen molar-refractivity contribution in [3.8, 4) is 0 Å².